The second-order valence-corrected chi connectivity index (χ2v) is 8.92. The molecule has 0 saturated heterocycles. The quantitative estimate of drug-likeness (QED) is 0.174. The van der Waals surface area contributed by atoms with Crippen LogP contribution in [0, 0.1) is 17.2 Å². The van der Waals surface area contributed by atoms with Gasteiger partial charge in [0.25, 0.3) is 12.3 Å². The first-order valence-corrected chi connectivity index (χ1v) is 10.9. The Kier molecular flexibility index (Phi) is 8.49. The van der Waals surface area contributed by atoms with E-state index >= 15 is 0 Å². The van der Waals surface area contributed by atoms with Gasteiger partial charge in [-0.15, -0.1) is 0 Å². The third kappa shape index (κ3) is 6.03. The number of nitrogens with zero attached hydrogens (tertiary/aromatic N) is 1. The van der Waals surface area contributed by atoms with Crippen molar-refractivity contribution in [1.82, 2.24) is 5.32 Å². The highest BCUT2D eigenvalue weighted by Gasteiger charge is 2.52. The highest BCUT2D eigenvalue weighted by Crippen LogP contribution is 2.54. The third-order valence-corrected chi connectivity index (χ3v) is 6.26. The summed E-state index contributed by atoms with van der Waals surface area (Å²) in [6.45, 7) is 9.51. The first kappa shape index (κ1) is 26.6. The number of amidine groups is 1. The van der Waals surface area contributed by atoms with Crippen molar-refractivity contribution in [2.75, 3.05) is 0 Å². The summed E-state index contributed by atoms with van der Waals surface area (Å²) in [7, 11) is 0. The molecule has 3 nitrogen and oxygen atoms in total. The van der Waals surface area contributed by atoms with Crippen LogP contribution in [0.5, 0.6) is 0 Å². The molecule has 1 saturated carbocycles. The summed E-state index contributed by atoms with van der Waals surface area (Å²) in [5.74, 6) is -4.66. The average molecular weight is 470 g/mol. The molecular formula is C25H32F5N3. The van der Waals surface area contributed by atoms with Crippen LogP contribution in [0.4, 0.5) is 22.0 Å². The lowest BCUT2D eigenvalue weighted by Gasteiger charge is -2.33. The summed E-state index contributed by atoms with van der Waals surface area (Å²) in [5.41, 5.74) is 4.12. The Bertz CT molecular complexity index is 942. The number of alkyl halides is 4. The largest absolute Gasteiger partial charge is 0.387 e. The zero-order chi connectivity index (χ0) is 25.0. The van der Waals surface area contributed by atoms with Gasteiger partial charge in [0.15, 0.2) is 0 Å². The number of hydrogen-bond acceptors (Lipinski definition) is 2. The summed E-state index contributed by atoms with van der Waals surface area (Å²) in [6.07, 6.45) is 2.40. The van der Waals surface area contributed by atoms with E-state index in [1.807, 2.05) is 6.92 Å². The van der Waals surface area contributed by atoms with Crippen molar-refractivity contribution in [2.24, 2.45) is 22.1 Å². The smallest absolute Gasteiger partial charge is 0.266 e. The predicted molar refractivity (Wildman–Crippen MR) is 123 cm³/mol. The molecule has 0 heterocycles. The Morgan fingerprint density at radius 3 is 2.45 bits per heavy atom. The van der Waals surface area contributed by atoms with Gasteiger partial charge in [0.1, 0.15) is 5.82 Å². The maximum Gasteiger partial charge on any atom is 0.266 e. The van der Waals surface area contributed by atoms with Crippen LogP contribution in [-0.4, -0.2) is 11.8 Å². The van der Waals surface area contributed by atoms with Gasteiger partial charge in [-0.25, -0.2) is 26.9 Å². The molecule has 1 aromatic rings. The van der Waals surface area contributed by atoms with Crippen LogP contribution >= 0.6 is 0 Å². The second-order valence-electron chi connectivity index (χ2n) is 8.92. The molecule has 8 heteroatoms. The molecule has 0 amide bonds. The molecule has 0 spiro atoms. The number of aliphatic imine (C=N–C) groups is 1. The lowest BCUT2D eigenvalue weighted by molar-refractivity contribution is -0.0798. The number of rotatable bonds is 9. The summed E-state index contributed by atoms with van der Waals surface area (Å²) in [4.78, 5) is 4.32. The fourth-order valence-electron chi connectivity index (χ4n) is 4.43. The lowest BCUT2D eigenvalue weighted by atomic mass is 9.77. The minimum Gasteiger partial charge on any atom is -0.387 e. The Balaban J connectivity index is 2.73. The molecule has 1 aliphatic carbocycles. The molecule has 3 N–H and O–H groups in total. The van der Waals surface area contributed by atoms with E-state index in [4.69, 9.17) is 5.73 Å². The summed E-state index contributed by atoms with van der Waals surface area (Å²) >= 11 is 0. The van der Waals surface area contributed by atoms with E-state index in [0.717, 1.165) is 13.0 Å². The number of nitrogens with two attached hydrogens (primary N) is 1. The van der Waals surface area contributed by atoms with E-state index in [0.29, 0.717) is 12.0 Å². The number of allylic oxidation sites excluding steroid dienone is 2. The summed E-state index contributed by atoms with van der Waals surface area (Å²) in [6, 6.07) is 3.76. The Hall–Kier alpha value is -2.64. The van der Waals surface area contributed by atoms with Gasteiger partial charge >= 0.3 is 0 Å². The molecule has 0 radical (unpaired) electrons. The Labute approximate surface area is 192 Å². The van der Waals surface area contributed by atoms with Gasteiger partial charge in [-0.1, -0.05) is 38.6 Å². The first-order valence-electron chi connectivity index (χ1n) is 10.9. The third-order valence-electron chi connectivity index (χ3n) is 6.26. The number of nitrogens with one attached hydrogen (secondary N) is 1. The summed E-state index contributed by atoms with van der Waals surface area (Å²) < 4.78 is 71.3. The molecule has 1 aromatic carbocycles. The number of hydrogen-bond donors (Lipinski definition) is 2. The molecule has 182 valence electrons. The highest BCUT2D eigenvalue weighted by molar-refractivity contribution is 5.79. The van der Waals surface area contributed by atoms with Crippen LogP contribution in [0.3, 0.4) is 0 Å². The van der Waals surface area contributed by atoms with Crippen molar-refractivity contribution >= 4 is 5.84 Å². The molecule has 3 unspecified atom stereocenters. The zero-order valence-electron chi connectivity index (χ0n) is 19.4. The van der Waals surface area contributed by atoms with Crippen molar-refractivity contribution in [3.63, 3.8) is 0 Å². The topological polar surface area (TPSA) is 50.4 Å². The number of halogens is 5. The van der Waals surface area contributed by atoms with E-state index in [1.165, 1.54) is 37.5 Å². The van der Waals surface area contributed by atoms with Crippen molar-refractivity contribution in [1.29, 1.82) is 0 Å². The van der Waals surface area contributed by atoms with Crippen molar-refractivity contribution in [3.05, 3.63) is 71.5 Å². The maximum atomic E-state index is 15.0. The van der Waals surface area contributed by atoms with E-state index in [9.17, 15) is 22.0 Å². The molecule has 33 heavy (non-hydrogen) atoms. The first-order chi connectivity index (χ1) is 15.3. The average Bonchev–Trinajstić information content (AvgIpc) is 3.09. The van der Waals surface area contributed by atoms with E-state index in [-0.39, 0.29) is 35.9 Å². The zero-order valence-corrected chi connectivity index (χ0v) is 19.4. The maximum absolute atomic E-state index is 15.0. The fraction of sp³-hybridized carbons (Fsp3) is 0.480. The monoisotopic (exact) mass is 469 g/mol. The van der Waals surface area contributed by atoms with Crippen molar-refractivity contribution in [3.8, 4) is 0 Å². The lowest BCUT2D eigenvalue weighted by Crippen LogP contribution is -2.35. The number of benzene rings is 1. The van der Waals surface area contributed by atoms with Gasteiger partial charge < -0.3 is 11.1 Å². The van der Waals surface area contributed by atoms with Gasteiger partial charge in [-0.2, -0.15) is 0 Å². The van der Waals surface area contributed by atoms with Crippen LogP contribution in [0.15, 0.2) is 59.5 Å². The highest BCUT2D eigenvalue weighted by atomic mass is 19.3. The van der Waals surface area contributed by atoms with Crippen LogP contribution in [0.1, 0.15) is 70.4 Å². The molecule has 3 atom stereocenters. The second kappa shape index (κ2) is 10.5. The van der Waals surface area contributed by atoms with E-state index < -0.39 is 35.1 Å². The Morgan fingerprint density at radius 1 is 1.33 bits per heavy atom. The molecule has 1 fully saturated rings. The van der Waals surface area contributed by atoms with Gasteiger partial charge in [0, 0.05) is 24.6 Å². The van der Waals surface area contributed by atoms with Gasteiger partial charge in [-0.3, -0.25) is 0 Å². The normalized spacial score (nSPS) is 23.7. The van der Waals surface area contributed by atoms with Crippen molar-refractivity contribution < 1.29 is 22.0 Å². The van der Waals surface area contributed by atoms with Crippen molar-refractivity contribution in [2.45, 2.75) is 65.2 Å². The Morgan fingerprint density at radius 2 is 1.97 bits per heavy atom. The molecule has 0 bridgehead atoms. The molecule has 0 aliphatic heterocycles. The van der Waals surface area contributed by atoms with Gasteiger partial charge in [-0.05, 0) is 49.9 Å². The molecular weight excluding hydrogens is 437 g/mol. The summed E-state index contributed by atoms with van der Waals surface area (Å²) in [5, 5.41) is 2.79. The standard InChI is InChI=1S/C25H32F5N3/c1-6-32-14-20(16(3)18-8-7-9-19(22(18)26)23(27)28)21(33-17(4)31)13-25(24(5,29)30)11-10-15(2)12-25/h6-9,13-16,23,32H,1,10-12H2,2-5H3,(H2,31,33)/b20-14-,21-13+. The van der Waals surface area contributed by atoms with E-state index in [1.54, 1.807) is 6.92 Å². The van der Waals surface area contributed by atoms with Crippen LogP contribution < -0.4 is 11.1 Å². The molecule has 0 aromatic heterocycles. The van der Waals surface area contributed by atoms with Crippen LogP contribution in [-0.2, 0) is 0 Å². The van der Waals surface area contributed by atoms with Crippen LogP contribution in [0.2, 0.25) is 0 Å². The predicted octanol–water partition coefficient (Wildman–Crippen LogP) is 7.21. The van der Waals surface area contributed by atoms with E-state index in [2.05, 4.69) is 16.9 Å². The minimum absolute atomic E-state index is 0.00205. The van der Waals surface area contributed by atoms with Gasteiger partial charge in [0.05, 0.1) is 22.5 Å². The fourth-order valence-corrected chi connectivity index (χ4v) is 4.43. The molecule has 2 rings (SSSR count). The molecule has 1 aliphatic rings. The van der Waals surface area contributed by atoms with Gasteiger partial charge in [0.2, 0.25) is 0 Å². The van der Waals surface area contributed by atoms with Crippen LogP contribution in [0.25, 0.3) is 0 Å². The minimum atomic E-state index is -3.04. The SMILES string of the molecule is C=CN\C=C(C(=C\C1(C(C)(F)F)CCC(C)C1)/N=C(/C)N)\C(C)c1cccc(C(F)F)c1F.